The van der Waals surface area contributed by atoms with E-state index in [9.17, 15) is 0 Å². The monoisotopic (exact) mass is 237 g/mol. The molecule has 0 spiro atoms. The summed E-state index contributed by atoms with van der Waals surface area (Å²) in [6, 6.07) is 0. The first-order valence-electron chi connectivity index (χ1n) is 5.57. The molecule has 3 heteroatoms. The van der Waals surface area contributed by atoms with E-state index in [4.69, 9.17) is 9.90 Å². The molecule has 0 rings (SSSR count). The van der Waals surface area contributed by atoms with E-state index in [2.05, 4.69) is 43.1 Å². The predicted octanol–water partition coefficient (Wildman–Crippen LogP) is 3.28. The van der Waals surface area contributed by atoms with Crippen LogP contribution in [-0.2, 0) is 4.79 Å². The van der Waals surface area contributed by atoms with Crippen molar-refractivity contribution in [3.05, 3.63) is 48.2 Å². The molecule has 0 saturated carbocycles. The third-order valence-corrected chi connectivity index (χ3v) is 1.80. The van der Waals surface area contributed by atoms with Crippen LogP contribution in [0, 0.1) is 0 Å². The van der Waals surface area contributed by atoms with Gasteiger partial charge in [0.05, 0.1) is 0 Å². The van der Waals surface area contributed by atoms with E-state index in [-0.39, 0.29) is 6.47 Å². The molecular weight excluding hydrogens is 214 g/mol. The van der Waals surface area contributed by atoms with Crippen molar-refractivity contribution < 1.29 is 9.90 Å². The van der Waals surface area contributed by atoms with Crippen LogP contribution in [-0.4, -0.2) is 18.6 Å². The zero-order chi connectivity index (χ0) is 13.5. The number of nitrogens with one attached hydrogen (secondary N) is 1. The number of hydrogen-bond donors (Lipinski definition) is 2. The Morgan fingerprint density at radius 3 is 2.35 bits per heavy atom. The first kappa shape index (κ1) is 17.6. The maximum atomic E-state index is 8.36. The van der Waals surface area contributed by atoms with Crippen LogP contribution in [0.3, 0.4) is 0 Å². The van der Waals surface area contributed by atoms with Crippen LogP contribution >= 0.6 is 0 Å². The van der Waals surface area contributed by atoms with Crippen molar-refractivity contribution in [1.82, 2.24) is 5.32 Å². The average molecular weight is 237 g/mol. The summed E-state index contributed by atoms with van der Waals surface area (Å²) < 4.78 is 0. The van der Waals surface area contributed by atoms with Crippen molar-refractivity contribution in [3.63, 3.8) is 0 Å². The van der Waals surface area contributed by atoms with Gasteiger partial charge >= 0.3 is 0 Å². The highest BCUT2D eigenvalue weighted by Crippen LogP contribution is 2.01. The van der Waals surface area contributed by atoms with Gasteiger partial charge in [0.2, 0.25) is 0 Å². The normalized spacial score (nSPS) is 11.1. The second-order valence-corrected chi connectivity index (χ2v) is 3.26. The SMILES string of the molecule is C=C(C)/C(=C/C=CC/C=C\CC)NC.O=CO. The van der Waals surface area contributed by atoms with E-state index in [0.717, 1.165) is 24.1 Å². The molecule has 0 unspecified atom stereocenters. The standard InChI is InChI=1S/C13H21N.CH2O2/c1-5-6-7-8-9-10-11-13(14-4)12(2)3;2-1-3/h6-7,9-11,14H,2,5,8H2,1,3-4H3;1H,(H,2,3)/b7-6-,10-9?,13-11-;. The lowest BCUT2D eigenvalue weighted by Gasteiger charge is -2.02. The molecule has 0 bridgehead atoms. The van der Waals surface area contributed by atoms with Gasteiger partial charge in [-0.25, -0.2) is 0 Å². The molecule has 0 aromatic carbocycles. The summed E-state index contributed by atoms with van der Waals surface area (Å²) in [4.78, 5) is 8.36. The Kier molecular flexibility index (Phi) is 14.7. The van der Waals surface area contributed by atoms with Crippen LogP contribution in [0.4, 0.5) is 0 Å². The maximum absolute atomic E-state index is 8.36. The van der Waals surface area contributed by atoms with E-state index < -0.39 is 0 Å². The van der Waals surface area contributed by atoms with Crippen molar-refractivity contribution in [2.75, 3.05) is 7.05 Å². The molecule has 2 N–H and O–H groups in total. The van der Waals surface area contributed by atoms with Gasteiger partial charge in [-0.3, -0.25) is 4.79 Å². The van der Waals surface area contributed by atoms with Crippen LogP contribution in [0.2, 0.25) is 0 Å². The molecule has 0 amide bonds. The highest BCUT2D eigenvalue weighted by Gasteiger charge is 1.89. The van der Waals surface area contributed by atoms with E-state index in [1.807, 2.05) is 20.0 Å². The molecule has 0 aromatic heterocycles. The lowest BCUT2D eigenvalue weighted by Crippen LogP contribution is -2.05. The number of carboxylic acid groups (broad SMARTS) is 1. The molecule has 0 aliphatic heterocycles. The molecule has 3 nitrogen and oxygen atoms in total. The third-order valence-electron chi connectivity index (χ3n) is 1.80. The quantitative estimate of drug-likeness (QED) is 0.423. The van der Waals surface area contributed by atoms with E-state index in [0.29, 0.717) is 0 Å². The number of hydrogen-bond acceptors (Lipinski definition) is 2. The summed E-state index contributed by atoms with van der Waals surface area (Å²) in [5.74, 6) is 0. The smallest absolute Gasteiger partial charge is 0.290 e. The van der Waals surface area contributed by atoms with Gasteiger partial charge in [-0.15, -0.1) is 0 Å². The molecular formula is C14H23NO2. The van der Waals surface area contributed by atoms with Crippen molar-refractivity contribution in [3.8, 4) is 0 Å². The summed E-state index contributed by atoms with van der Waals surface area (Å²) in [5.41, 5.74) is 2.14. The molecule has 0 aliphatic rings. The molecule has 96 valence electrons. The van der Waals surface area contributed by atoms with Crippen molar-refractivity contribution in [2.24, 2.45) is 0 Å². The Morgan fingerprint density at radius 1 is 1.35 bits per heavy atom. The summed E-state index contributed by atoms with van der Waals surface area (Å²) in [7, 11) is 1.91. The summed E-state index contributed by atoms with van der Waals surface area (Å²) >= 11 is 0. The summed E-state index contributed by atoms with van der Waals surface area (Å²) in [6.45, 7) is 7.76. The number of likely N-dealkylation sites (N-methyl/N-ethyl adjacent to an activating group) is 1. The largest absolute Gasteiger partial charge is 0.483 e. The molecule has 0 saturated heterocycles. The Hall–Kier alpha value is -1.77. The zero-order valence-corrected chi connectivity index (χ0v) is 10.9. The first-order chi connectivity index (χ1) is 8.13. The maximum Gasteiger partial charge on any atom is 0.290 e. The van der Waals surface area contributed by atoms with Gasteiger partial charge in [0.1, 0.15) is 0 Å². The molecule has 0 heterocycles. The second kappa shape index (κ2) is 14.2. The highest BCUT2D eigenvalue weighted by atomic mass is 16.3. The van der Waals surface area contributed by atoms with Crippen molar-refractivity contribution in [1.29, 1.82) is 0 Å². The molecule has 0 aromatic rings. The Labute approximate surface area is 104 Å². The van der Waals surface area contributed by atoms with Crippen LogP contribution < -0.4 is 5.32 Å². The molecule has 0 atom stereocenters. The van der Waals surface area contributed by atoms with Crippen molar-refractivity contribution in [2.45, 2.75) is 26.7 Å². The minimum atomic E-state index is -0.250. The van der Waals surface area contributed by atoms with Gasteiger partial charge in [0.25, 0.3) is 6.47 Å². The van der Waals surface area contributed by atoms with Crippen LogP contribution in [0.15, 0.2) is 48.2 Å². The Bertz CT molecular complexity index is 289. The lowest BCUT2D eigenvalue weighted by atomic mass is 10.2. The summed E-state index contributed by atoms with van der Waals surface area (Å²) in [6.07, 6.45) is 12.7. The fourth-order valence-corrected chi connectivity index (χ4v) is 1.02. The fraction of sp³-hybridized carbons (Fsp3) is 0.357. The predicted molar refractivity (Wildman–Crippen MR) is 73.8 cm³/mol. The molecule has 17 heavy (non-hydrogen) atoms. The van der Waals surface area contributed by atoms with Gasteiger partial charge in [-0.05, 0) is 31.4 Å². The lowest BCUT2D eigenvalue weighted by molar-refractivity contribution is -0.122. The third kappa shape index (κ3) is 14.2. The van der Waals surface area contributed by atoms with E-state index >= 15 is 0 Å². The number of allylic oxidation sites excluding steroid dienone is 6. The molecule has 0 radical (unpaired) electrons. The summed E-state index contributed by atoms with van der Waals surface area (Å²) in [5, 5.41) is 9.98. The minimum Gasteiger partial charge on any atom is -0.483 e. The highest BCUT2D eigenvalue weighted by molar-refractivity contribution is 5.32. The van der Waals surface area contributed by atoms with Gasteiger partial charge in [-0.2, -0.15) is 0 Å². The van der Waals surface area contributed by atoms with E-state index in [1.54, 1.807) is 0 Å². The number of carbonyl (C=O) groups is 1. The van der Waals surface area contributed by atoms with Gasteiger partial charge < -0.3 is 10.4 Å². The minimum absolute atomic E-state index is 0.250. The van der Waals surface area contributed by atoms with Gasteiger partial charge in [0.15, 0.2) is 0 Å². The van der Waals surface area contributed by atoms with Crippen LogP contribution in [0.5, 0.6) is 0 Å². The Morgan fingerprint density at radius 2 is 1.94 bits per heavy atom. The van der Waals surface area contributed by atoms with Crippen LogP contribution in [0.1, 0.15) is 26.7 Å². The molecule has 0 aliphatic carbocycles. The first-order valence-corrected chi connectivity index (χ1v) is 5.57. The fourth-order valence-electron chi connectivity index (χ4n) is 1.02. The second-order valence-electron chi connectivity index (χ2n) is 3.26. The van der Waals surface area contributed by atoms with Gasteiger partial charge in [0, 0.05) is 12.7 Å². The topological polar surface area (TPSA) is 49.3 Å². The zero-order valence-electron chi connectivity index (χ0n) is 10.9. The number of rotatable bonds is 6. The van der Waals surface area contributed by atoms with Gasteiger partial charge in [-0.1, -0.05) is 37.8 Å². The van der Waals surface area contributed by atoms with E-state index in [1.165, 1.54) is 0 Å². The van der Waals surface area contributed by atoms with Crippen molar-refractivity contribution >= 4 is 6.47 Å². The Balaban J connectivity index is 0. The van der Waals surface area contributed by atoms with Crippen LogP contribution in [0.25, 0.3) is 0 Å². The average Bonchev–Trinajstić information content (AvgIpc) is 2.29. The molecule has 0 fully saturated rings.